The molecule has 0 saturated carbocycles. The van der Waals surface area contributed by atoms with E-state index in [1.54, 1.807) is 13.2 Å². The van der Waals surface area contributed by atoms with Gasteiger partial charge in [0.1, 0.15) is 11.5 Å². The van der Waals surface area contributed by atoms with Crippen molar-refractivity contribution in [2.45, 2.75) is 78.6 Å². The van der Waals surface area contributed by atoms with Crippen LogP contribution in [0.3, 0.4) is 0 Å². The average Bonchev–Trinajstić information content (AvgIpc) is 2.77. The van der Waals surface area contributed by atoms with Crippen LogP contribution >= 0.6 is 0 Å². The summed E-state index contributed by atoms with van der Waals surface area (Å²) >= 11 is 0. The summed E-state index contributed by atoms with van der Waals surface area (Å²) in [5, 5.41) is 9.12. The van der Waals surface area contributed by atoms with Crippen LogP contribution in [0.25, 0.3) is 17.2 Å². The Hall–Kier alpha value is -2.79. The molecule has 2 aromatic rings. The Morgan fingerprint density at radius 1 is 0.943 bits per heavy atom. The van der Waals surface area contributed by atoms with Crippen molar-refractivity contribution in [3.05, 3.63) is 53.1 Å². The molecule has 0 aliphatic rings. The largest absolute Gasteiger partial charge is 0.493 e. The maximum atomic E-state index is 11.1. The van der Waals surface area contributed by atoms with Crippen molar-refractivity contribution in [1.29, 1.82) is 0 Å². The van der Waals surface area contributed by atoms with E-state index in [-0.39, 0.29) is 17.6 Å². The lowest BCUT2D eigenvalue weighted by atomic mass is 9.78. The van der Waals surface area contributed by atoms with E-state index >= 15 is 0 Å². The Kier molecular flexibility index (Phi) is 9.96. The van der Waals surface area contributed by atoms with Gasteiger partial charge in [0.25, 0.3) is 0 Å². The summed E-state index contributed by atoms with van der Waals surface area (Å²) in [5.41, 5.74) is 4.66. The van der Waals surface area contributed by atoms with Crippen LogP contribution in [-0.4, -0.2) is 31.6 Å². The lowest BCUT2D eigenvalue weighted by molar-refractivity contribution is -0.131. The number of unbranched alkanes of at least 4 members (excludes halogenated alkanes) is 2. The molecule has 0 bridgehead atoms. The van der Waals surface area contributed by atoms with Gasteiger partial charge in [0.05, 0.1) is 6.61 Å². The summed E-state index contributed by atoms with van der Waals surface area (Å²) in [6, 6.07) is 10.1. The summed E-state index contributed by atoms with van der Waals surface area (Å²) in [6.45, 7) is 16.1. The first kappa shape index (κ1) is 28.4. The third kappa shape index (κ3) is 8.14. The van der Waals surface area contributed by atoms with Gasteiger partial charge in [-0.25, -0.2) is 4.79 Å². The molecule has 0 aliphatic carbocycles. The molecular weight excluding hydrogens is 440 g/mol. The van der Waals surface area contributed by atoms with Gasteiger partial charge in [-0.3, -0.25) is 0 Å². The van der Waals surface area contributed by atoms with E-state index in [2.05, 4.69) is 60.6 Å². The van der Waals surface area contributed by atoms with Crippen LogP contribution in [0.15, 0.2) is 36.4 Å². The Bertz CT molecular complexity index is 1020. The molecule has 192 valence electrons. The zero-order valence-electron chi connectivity index (χ0n) is 22.7. The summed E-state index contributed by atoms with van der Waals surface area (Å²) in [7, 11) is 1.59. The van der Waals surface area contributed by atoms with E-state index in [4.69, 9.17) is 19.3 Å². The number of methoxy groups -OCH3 is 1. The number of carboxylic acids is 1. The van der Waals surface area contributed by atoms with E-state index < -0.39 is 5.97 Å². The third-order valence-corrected chi connectivity index (χ3v) is 5.80. The molecule has 0 heterocycles. The minimum absolute atomic E-state index is 0.0795. The molecule has 0 aliphatic heterocycles. The van der Waals surface area contributed by atoms with Gasteiger partial charge in [-0.15, -0.1) is 0 Å². The molecule has 0 spiro atoms. The highest BCUT2D eigenvalue weighted by molar-refractivity contribution is 5.86. The molecule has 5 heteroatoms. The molecule has 0 amide bonds. The topological polar surface area (TPSA) is 65.0 Å². The summed E-state index contributed by atoms with van der Waals surface area (Å²) < 4.78 is 17.6. The fraction of sp³-hybridized carbons (Fsp3) is 0.500. The zero-order chi connectivity index (χ0) is 26.2. The molecule has 0 fully saturated rings. The molecule has 0 atom stereocenters. The van der Waals surface area contributed by atoms with Gasteiger partial charge in [0.2, 0.25) is 0 Å². The normalized spacial score (nSPS) is 12.2. The number of benzene rings is 2. The van der Waals surface area contributed by atoms with E-state index in [9.17, 15) is 4.79 Å². The van der Waals surface area contributed by atoms with Gasteiger partial charge in [0.15, 0.2) is 6.79 Å². The second kappa shape index (κ2) is 12.3. The number of rotatable bonds is 11. The molecule has 5 nitrogen and oxygen atoms in total. The molecule has 1 N–H and O–H groups in total. The molecular formula is C30H42O5. The van der Waals surface area contributed by atoms with Crippen molar-refractivity contribution >= 4 is 12.0 Å². The SMILES string of the molecule is CCCCCOc1c(-c2cc(C=CC(=O)O)ccc2OCOC)cc(C(C)(C)C)cc1C(C)(C)C. The number of aliphatic carboxylic acids is 1. The predicted octanol–water partition coefficient (Wildman–Crippen LogP) is 7.60. The molecule has 35 heavy (non-hydrogen) atoms. The minimum atomic E-state index is -0.990. The number of hydrogen-bond donors (Lipinski definition) is 1. The number of ether oxygens (including phenoxy) is 3. The highest BCUT2D eigenvalue weighted by atomic mass is 16.7. The van der Waals surface area contributed by atoms with Crippen molar-refractivity contribution < 1.29 is 24.1 Å². The second-order valence-electron chi connectivity index (χ2n) is 10.9. The van der Waals surface area contributed by atoms with E-state index in [1.807, 2.05) is 18.2 Å². The van der Waals surface area contributed by atoms with Gasteiger partial charge in [-0.1, -0.05) is 73.4 Å². The molecule has 0 radical (unpaired) electrons. The fourth-order valence-electron chi connectivity index (χ4n) is 3.78. The maximum Gasteiger partial charge on any atom is 0.328 e. The number of carbonyl (C=O) groups is 1. The monoisotopic (exact) mass is 482 g/mol. The number of carboxylic acid groups (broad SMARTS) is 1. The van der Waals surface area contributed by atoms with Crippen molar-refractivity contribution in [3.63, 3.8) is 0 Å². The van der Waals surface area contributed by atoms with E-state index in [0.717, 1.165) is 53.3 Å². The Morgan fingerprint density at radius 2 is 1.66 bits per heavy atom. The Balaban J connectivity index is 2.85. The van der Waals surface area contributed by atoms with Crippen LogP contribution < -0.4 is 9.47 Å². The van der Waals surface area contributed by atoms with Gasteiger partial charge < -0.3 is 19.3 Å². The first-order valence-corrected chi connectivity index (χ1v) is 12.4. The average molecular weight is 483 g/mol. The second-order valence-corrected chi connectivity index (χ2v) is 10.9. The van der Waals surface area contributed by atoms with Crippen LogP contribution in [0.2, 0.25) is 0 Å². The maximum absolute atomic E-state index is 11.1. The van der Waals surface area contributed by atoms with Crippen molar-refractivity contribution in [3.8, 4) is 22.6 Å². The van der Waals surface area contributed by atoms with Crippen LogP contribution in [0, 0.1) is 0 Å². The summed E-state index contributed by atoms with van der Waals surface area (Å²) in [6.07, 6.45) is 5.94. The van der Waals surface area contributed by atoms with Crippen molar-refractivity contribution in [1.82, 2.24) is 0 Å². The van der Waals surface area contributed by atoms with Crippen molar-refractivity contribution in [2.24, 2.45) is 0 Å². The van der Waals surface area contributed by atoms with Gasteiger partial charge >= 0.3 is 5.97 Å². The lowest BCUT2D eigenvalue weighted by Gasteiger charge is -2.30. The first-order chi connectivity index (χ1) is 16.4. The highest BCUT2D eigenvalue weighted by Crippen LogP contribution is 2.45. The molecule has 0 unspecified atom stereocenters. The van der Waals surface area contributed by atoms with Crippen LogP contribution in [0.1, 0.15) is 84.4 Å². The molecule has 2 aromatic carbocycles. The summed E-state index contributed by atoms with van der Waals surface area (Å²) in [5.74, 6) is 0.517. The standard InChI is InChI=1S/C30H42O5/c1-9-10-11-16-34-28-24(18-22(29(2,3)4)19-25(28)30(5,6)7)23-17-21(13-15-27(31)32)12-14-26(23)35-20-33-8/h12-15,17-19H,9-11,16,20H2,1-8H3,(H,31,32). The predicted molar refractivity (Wildman–Crippen MR) is 143 cm³/mol. The molecule has 0 saturated heterocycles. The first-order valence-electron chi connectivity index (χ1n) is 12.4. The van der Waals surface area contributed by atoms with Crippen LogP contribution in [-0.2, 0) is 20.4 Å². The van der Waals surface area contributed by atoms with E-state index in [1.165, 1.54) is 5.56 Å². The van der Waals surface area contributed by atoms with Crippen LogP contribution in [0.4, 0.5) is 0 Å². The van der Waals surface area contributed by atoms with Crippen molar-refractivity contribution in [2.75, 3.05) is 20.5 Å². The van der Waals surface area contributed by atoms with Crippen LogP contribution in [0.5, 0.6) is 11.5 Å². The molecule has 0 aromatic heterocycles. The highest BCUT2D eigenvalue weighted by Gasteiger charge is 2.27. The fourth-order valence-corrected chi connectivity index (χ4v) is 3.78. The summed E-state index contributed by atoms with van der Waals surface area (Å²) in [4.78, 5) is 11.1. The third-order valence-electron chi connectivity index (χ3n) is 5.80. The molecule has 2 rings (SSSR count). The Morgan fingerprint density at radius 3 is 2.23 bits per heavy atom. The van der Waals surface area contributed by atoms with Gasteiger partial charge in [0, 0.05) is 29.9 Å². The van der Waals surface area contributed by atoms with Gasteiger partial charge in [-0.2, -0.15) is 0 Å². The lowest BCUT2D eigenvalue weighted by Crippen LogP contribution is -2.19. The van der Waals surface area contributed by atoms with Gasteiger partial charge in [-0.05, 0) is 52.7 Å². The quantitative estimate of drug-likeness (QED) is 0.203. The minimum Gasteiger partial charge on any atom is -0.493 e. The van der Waals surface area contributed by atoms with E-state index in [0.29, 0.717) is 12.4 Å². The zero-order valence-corrected chi connectivity index (χ0v) is 22.7. The number of hydrogen-bond acceptors (Lipinski definition) is 4. The Labute approximate surface area is 211 Å². The smallest absolute Gasteiger partial charge is 0.328 e.